The molecule has 1 amide bonds. The van der Waals surface area contributed by atoms with Crippen LogP contribution in [0.4, 0.5) is 11.7 Å². The van der Waals surface area contributed by atoms with Crippen molar-refractivity contribution >= 4 is 46.9 Å². The van der Waals surface area contributed by atoms with Crippen molar-refractivity contribution < 1.29 is 14.1 Å². The van der Waals surface area contributed by atoms with Crippen molar-refractivity contribution in [3.8, 4) is 11.5 Å². The number of nitro groups is 1. The molecule has 8 nitrogen and oxygen atoms in total. The molecule has 10 heteroatoms. The van der Waals surface area contributed by atoms with Gasteiger partial charge in [-0.25, -0.2) is 0 Å². The molecule has 0 saturated carbocycles. The highest BCUT2D eigenvalue weighted by atomic mass is 35.5. The molecule has 0 fully saturated rings. The highest BCUT2D eigenvalue weighted by Gasteiger charge is 2.11. The summed E-state index contributed by atoms with van der Waals surface area (Å²) in [5, 5.41) is 21.5. The Labute approximate surface area is 162 Å². The van der Waals surface area contributed by atoms with Crippen LogP contribution in [0.5, 0.6) is 0 Å². The predicted molar refractivity (Wildman–Crippen MR) is 101 cm³/mol. The highest BCUT2D eigenvalue weighted by Crippen LogP contribution is 2.27. The second kappa shape index (κ2) is 7.98. The zero-order valence-electron chi connectivity index (χ0n) is 13.4. The lowest BCUT2D eigenvalue weighted by molar-refractivity contribution is -0.384. The van der Waals surface area contributed by atoms with E-state index in [-0.39, 0.29) is 17.6 Å². The van der Waals surface area contributed by atoms with Gasteiger partial charge in [-0.2, -0.15) is 0 Å². The Kier molecular flexibility index (Phi) is 5.49. The lowest BCUT2D eigenvalue weighted by Crippen LogP contribution is -2.07. The van der Waals surface area contributed by atoms with Gasteiger partial charge in [-0.05, 0) is 29.8 Å². The number of halogens is 2. The number of carbonyl (C=O) groups is 1. The fraction of sp³-hybridized carbons (Fsp3) is 0. The van der Waals surface area contributed by atoms with E-state index in [2.05, 4.69) is 15.5 Å². The molecule has 0 saturated heterocycles. The first kappa shape index (κ1) is 18.6. The molecule has 0 spiro atoms. The molecule has 0 radical (unpaired) electrons. The molecule has 2 aromatic carbocycles. The zero-order chi connectivity index (χ0) is 19.4. The third-order valence-electron chi connectivity index (χ3n) is 3.27. The number of nitro benzene ring substituents is 1. The third-order valence-corrected chi connectivity index (χ3v) is 3.71. The van der Waals surface area contributed by atoms with Gasteiger partial charge in [0.1, 0.15) is 0 Å². The normalized spacial score (nSPS) is 10.9. The third kappa shape index (κ3) is 4.90. The van der Waals surface area contributed by atoms with Crippen LogP contribution in [0.25, 0.3) is 17.5 Å². The first-order valence-electron chi connectivity index (χ1n) is 7.44. The van der Waals surface area contributed by atoms with Crippen LogP contribution in [-0.4, -0.2) is 21.0 Å². The predicted octanol–water partition coefficient (Wildman–Crippen LogP) is 4.60. The van der Waals surface area contributed by atoms with Crippen LogP contribution >= 0.6 is 23.2 Å². The number of carbonyl (C=O) groups excluding carboxylic acids is 1. The molecule has 27 heavy (non-hydrogen) atoms. The quantitative estimate of drug-likeness (QED) is 0.377. The zero-order valence-corrected chi connectivity index (χ0v) is 14.9. The molecule has 0 aliphatic carbocycles. The van der Waals surface area contributed by atoms with Crippen LogP contribution in [0.1, 0.15) is 5.56 Å². The molecule has 1 heterocycles. The van der Waals surface area contributed by atoms with Crippen LogP contribution in [0, 0.1) is 10.1 Å². The van der Waals surface area contributed by atoms with Gasteiger partial charge in [0.25, 0.3) is 11.6 Å². The van der Waals surface area contributed by atoms with E-state index in [9.17, 15) is 14.9 Å². The van der Waals surface area contributed by atoms with Gasteiger partial charge in [0.15, 0.2) is 0 Å². The van der Waals surface area contributed by atoms with Gasteiger partial charge in [-0.1, -0.05) is 40.4 Å². The van der Waals surface area contributed by atoms with Crippen LogP contribution < -0.4 is 5.32 Å². The second-order valence-electron chi connectivity index (χ2n) is 5.25. The Morgan fingerprint density at radius 3 is 2.59 bits per heavy atom. The van der Waals surface area contributed by atoms with E-state index in [4.69, 9.17) is 27.6 Å². The van der Waals surface area contributed by atoms with E-state index in [1.165, 1.54) is 30.4 Å². The SMILES string of the molecule is O=C(C=Cc1cccc([N+](=O)[O-])c1)Nc1nnc(-c2cc(Cl)cc(Cl)c2)o1. The number of nitrogens with zero attached hydrogens (tertiary/aromatic N) is 3. The van der Waals surface area contributed by atoms with Crippen LogP contribution in [0.15, 0.2) is 53.0 Å². The molecular formula is C17H10Cl2N4O4. The number of hydrogen-bond donors (Lipinski definition) is 1. The van der Waals surface area contributed by atoms with E-state index >= 15 is 0 Å². The molecule has 0 bridgehead atoms. The van der Waals surface area contributed by atoms with Crippen molar-refractivity contribution in [1.29, 1.82) is 0 Å². The molecule has 0 aliphatic heterocycles. The lowest BCUT2D eigenvalue weighted by atomic mass is 10.2. The van der Waals surface area contributed by atoms with Gasteiger partial charge in [-0.15, -0.1) is 5.10 Å². The van der Waals surface area contributed by atoms with Crippen LogP contribution in [0.3, 0.4) is 0 Å². The molecule has 136 valence electrons. The maximum atomic E-state index is 12.0. The first-order valence-corrected chi connectivity index (χ1v) is 8.20. The molecular weight excluding hydrogens is 395 g/mol. The van der Waals surface area contributed by atoms with E-state index in [1.54, 1.807) is 24.3 Å². The van der Waals surface area contributed by atoms with Crippen molar-refractivity contribution in [2.75, 3.05) is 5.32 Å². The number of anilines is 1. The monoisotopic (exact) mass is 404 g/mol. The summed E-state index contributed by atoms with van der Waals surface area (Å²) in [5.41, 5.74) is 0.936. The van der Waals surface area contributed by atoms with Crippen molar-refractivity contribution in [1.82, 2.24) is 10.2 Å². The minimum Gasteiger partial charge on any atom is -0.403 e. The van der Waals surface area contributed by atoms with Gasteiger partial charge in [0.05, 0.1) is 4.92 Å². The van der Waals surface area contributed by atoms with Crippen LogP contribution in [-0.2, 0) is 4.79 Å². The Morgan fingerprint density at radius 1 is 1.15 bits per heavy atom. The van der Waals surface area contributed by atoms with E-state index in [0.717, 1.165) is 0 Å². The Hall–Kier alpha value is -3.23. The summed E-state index contributed by atoms with van der Waals surface area (Å²) in [7, 11) is 0. The topological polar surface area (TPSA) is 111 Å². The van der Waals surface area contributed by atoms with E-state index in [0.29, 0.717) is 21.2 Å². The summed E-state index contributed by atoms with van der Waals surface area (Å²) < 4.78 is 5.36. The number of hydrogen-bond acceptors (Lipinski definition) is 6. The molecule has 3 aromatic rings. The summed E-state index contributed by atoms with van der Waals surface area (Å²) in [6, 6.07) is 10.5. The number of benzene rings is 2. The minimum absolute atomic E-state index is 0.0701. The van der Waals surface area contributed by atoms with E-state index in [1.807, 2.05) is 0 Å². The molecule has 1 aromatic heterocycles. The van der Waals surface area contributed by atoms with Gasteiger partial charge in [0.2, 0.25) is 5.89 Å². The molecule has 0 aliphatic rings. The summed E-state index contributed by atoms with van der Waals surface area (Å²) >= 11 is 11.9. The van der Waals surface area contributed by atoms with Gasteiger partial charge >= 0.3 is 6.01 Å². The number of aromatic nitrogens is 2. The molecule has 3 rings (SSSR count). The van der Waals surface area contributed by atoms with Crippen molar-refractivity contribution in [2.45, 2.75) is 0 Å². The van der Waals surface area contributed by atoms with Crippen LogP contribution in [0.2, 0.25) is 10.0 Å². The fourth-order valence-electron chi connectivity index (χ4n) is 2.13. The molecule has 0 unspecified atom stereocenters. The minimum atomic E-state index is -0.541. The van der Waals surface area contributed by atoms with E-state index < -0.39 is 10.8 Å². The maximum Gasteiger partial charge on any atom is 0.322 e. The van der Waals surface area contributed by atoms with Gasteiger partial charge < -0.3 is 4.42 Å². The fourth-order valence-corrected chi connectivity index (χ4v) is 2.65. The standard InChI is InChI=1S/C17H10Cl2N4O4/c18-12-7-11(8-13(19)9-12)16-21-22-17(27-16)20-15(24)5-4-10-2-1-3-14(6-10)23(25)26/h1-9H,(H,20,22,24). The average molecular weight is 405 g/mol. The van der Waals surface area contributed by atoms with Gasteiger partial charge in [0, 0.05) is 33.8 Å². The number of nitrogens with one attached hydrogen (secondary N) is 1. The summed E-state index contributed by atoms with van der Waals surface area (Å²) in [4.78, 5) is 22.2. The number of amides is 1. The Morgan fingerprint density at radius 2 is 1.89 bits per heavy atom. The highest BCUT2D eigenvalue weighted by molar-refractivity contribution is 6.35. The van der Waals surface area contributed by atoms with Crippen molar-refractivity contribution in [3.05, 3.63) is 74.3 Å². The molecule has 1 N–H and O–H groups in total. The average Bonchev–Trinajstić information content (AvgIpc) is 3.08. The second-order valence-corrected chi connectivity index (χ2v) is 6.12. The van der Waals surface area contributed by atoms with Gasteiger partial charge in [-0.3, -0.25) is 20.2 Å². The van der Waals surface area contributed by atoms with Crippen molar-refractivity contribution in [2.24, 2.45) is 0 Å². The Balaban J connectivity index is 1.69. The smallest absolute Gasteiger partial charge is 0.322 e. The number of rotatable bonds is 5. The maximum absolute atomic E-state index is 12.0. The Bertz CT molecular complexity index is 1030. The summed E-state index contributed by atoms with van der Waals surface area (Å²) in [6.07, 6.45) is 2.62. The van der Waals surface area contributed by atoms with Crippen molar-refractivity contribution in [3.63, 3.8) is 0 Å². The lowest BCUT2D eigenvalue weighted by Gasteiger charge is -1.98. The summed E-state index contributed by atoms with van der Waals surface area (Å²) in [6.45, 7) is 0. The first-order chi connectivity index (χ1) is 12.9. The number of non-ortho nitro benzene ring substituents is 1. The summed E-state index contributed by atoms with van der Waals surface area (Å²) in [5.74, 6) is -0.404. The molecule has 0 atom stereocenters. The largest absolute Gasteiger partial charge is 0.403 e.